The van der Waals surface area contributed by atoms with Crippen molar-refractivity contribution in [1.29, 1.82) is 0 Å². The van der Waals surface area contributed by atoms with Gasteiger partial charge < -0.3 is 10.2 Å². The van der Waals surface area contributed by atoms with Crippen molar-refractivity contribution in [2.75, 3.05) is 6.61 Å². The number of aromatic nitrogens is 2. The summed E-state index contributed by atoms with van der Waals surface area (Å²) in [6, 6.07) is 11.4. The average Bonchev–Trinajstić information content (AvgIpc) is 2.80. The van der Waals surface area contributed by atoms with Gasteiger partial charge in [-0.15, -0.1) is 0 Å². The van der Waals surface area contributed by atoms with E-state index in [0.29, 0.717) is 16.6 Å². The number of phenolic OH excluding ortho intramolecular Hbond substituents is 1. The zero-order valence-electron chi connectivity index (χ0n) is 10.6. The van der Waals surface area contributed by atoms with E-state index in [1.807, 2.05) is 0 Å². The number of aliphatic hydroxyl groups is 1. The summed E-state index contributed by atoms with van der Waals surface area (Å²) in [7, 11) is 0. The standard InChI is InChI=1S/C15H13FN2O2/c16-13-3-1-2-12-14(10-4-6-11(20)7-5-10)17-18(8-9-19)15(12)13/h1-7,19-20H,8-9H2. The van der Waals surface area contributed by atoms with Crippen LogP contribution in [0.5, 0.6) is 5.75 Å². The van der Waals surface area contributed by atoms with E-state index in [1.54, 1.807) is 36.4 Å². The highest BCUT2D eigenvalue weighted by Crippen LogP contribution is 2.30. The molecule has 0 atom stereocenters. The van der Waals surface area contributed by atoms with Crippen LogP contribution >= 0.6 is 0 Å². The Morgan fingerprint density at radius 1 is 1.10 bits per heavy atom. The van der Waals surface area contributed by atoms with Gasteiger partial charge in [0.05, 0.1) is 13.2 Å². The summed E-state index contributed by atoms with van der Waals surface area (Å²) in [6.45, 7) is 0.121. The van der Waals surface area contributed by atoms with Crippen LogP contribution in [0.15, 0.2) is 42.5 Å². The maximum atomic E-state index is 14.0. The Morgan fingerprint density at radius 3 is 2.55 bits per heavy atom. The van der Waals surface area contributed by atoms with Crippen molar-refractivity contribution in [3.63, 3.8) is 0 Å². The lowest BCUT2D eigenvalue weighted by Gasteiger charge is -2.00. The molecule has 0 bridgehead atoms. The van der Waals surface area contributed by atoms with Crippen LogP contribution in [0.3, 0.4) is 0 Å². The second-order valence-electron chi connectivity index (χ2n) is 4.48. The van der Waals surface area contributed by atoms with Gasteiger partial charge in [0.2, 0.25) is 0 Å². The number of rotatable bonds is 3. The topological polar surface area (TPSA) is 58.3 Å². The molecule has 0 saturated carbocycles. The lowest BCUT2D eigenvalue weighted by atomic mass is 10.1. The van der Waals surface area contributed by atoms with E-state index in [-0.39, 0.29) is 24.7 Å². The van der Waals surface area contributed by atoms with Crippen molar-refractivity contribution >= 4 is 10.9 Å². The summed E-state index contributed by atoms with van der Waals surface area (Å²) in [4.78, 5) is 0. The smallest absolute Gasteiger partial charge is 0.149 e. The molecule has 5 heteroatoms. The molecule has 0 spiro atoms. The molecule has 2 N–H and O–H groups in total. The number of phenols is 1. The van der Waals surface area contributed by atoms with E-state index >= 15 is 0 Å². The van der Waals surface area contributed by atoms with Gasteiger partial charge >= 0.3 is 0 Å². The summed E-state index contributed by atoms with van der Waals surface area (Å²) in [5.74, 6) is -0.201. The third kappa shape index (κ3) is 2.02. The van der Waals surface area contributed by atoms with E-state index < -0.39 is 0 Å². The number of halogens is 1. The van der Waals surface area contributed by atoms with Crippen LogP contribution in [0.1, 0.15) is 0 Å². The lowest BCUT2D eigenvalue weighted by Crippen LogP contribution is -2.04. The second kappa shape index (κ2) is 4.94. The average molecular weight is 272 g/mol. The number of hydrogen-bond donors (Lipinski definition) is 2. The summed E-state index contributed by atoms with van der Waals surface area (Å²) >= 11 is 0. The Morgan fingerprint density at radius 2 is 1.85 bits per heavy atom. The number of para-hydroxylation sites is 1. The number of nitrogens with zero attached hydrogens (tertiary/aromatic N) is 2. The number of aromatic hydroxyl groups is 1. The fourth-order valence-electron chi connectivity index (χ4n) is 2.28. The molecule has 20 heavy (non-hydrogen) atoms. The van der Waals surface area contributed by atoms with Crippen molar-refractivity contribution in [3.05, 3.63) is 48.3 Å². The lowest BCUT2D eigenvalue weighted by molar-refractivity contribution is 0.271. The zero-order valence-corrected chi connectivity index (χ0v) is 10.6. The molecule has 1 aromatic heterocycles. The SMILES string of the molecule is OCCn1nc(-c2ccc(O)cc2)c2cccc(F)c21. The normalized spacial score (nSPS) is 11.1. The van der Waals surface area contributed by atoms with Gasteiger partial charge in [-0.1, -0.05) is 12.1 Å². The molecular weight excluding hydrogens is 259 g/mol. The molecule has 0 radical (unpaired) electrons. The number of benzene rings is 2. The molecule has 102 valence electrons. The van der Waals surface area contributed by atoms with Gasteiger partial charge in [0, 0.05) is 10.9 Å². The summed E-state index contributed by atoms with van der Waals surface area (Å²) < 4.78 is 15.4. The van der Waals surface area contributed by atoms with Crippen LogP contribution in [0.25, 0.3) is 22.2 Å². The largest absolute Gasteiger partial charge is 0.508 e. The van der Waals surface area contributed by atoms with Gasteiger partial charge in [-0.05, 0) is 30.3 Å². The van der Waals surface area contributed by atoms with Crippen LogP contribution in [0, 0.1) is 5.82 Å². The Labute approximate surface area is 114 Å². The monoisotopic (exact) mass is 272 g/mol. The van der Waals surface area contributed by atoms with E-state index in [9.17, 15) is 9.50 Å². The number of hydrogen-bond acceptors (Lipinski definition) is 3. The fourth-order valence-corrected chi connectivity index (χ4v) is 2.28. The summed E-state index contributed by atoms with van der Waals surface area (Å²) in [6.07, 6.45) is 0. The quantitative estimate of drug-likeness (QED) is 0.770. The first kappa shape index (κ1) is 12.6. The second-order valence-corrected chi connectivity index (χ2v) is 4.48. The molecule has 2 aromatic carbocycles. The fraction of sp³-hybridized carbons (Fsp3) is 0.133. The number of aliphatic hydroxyl groups excluding tert-OH is 1. The van der Waals surface area contributed by atoms with Crippen molar-refractivity contribution in [2.24, 2.45) is 0 Å². The molecule has 0 saturated heterocycles. The van der Waals surface area contributed by atoms with Crippen molar-refractivity contribution in [2.45, 2.75) is 6.54 Å². The molecule has 0 aliphatic rings. The Hall–Kier alpha value is -2.40. The molecule has 0 aliphatic heterocycles. The first-order valence-corrected chi connectivity index (χ1v) is 6.26. The van der Waals surface area contributed by atoms with E-state index in [4.69, 9.17) is 5.11 Å². The van der Waals surface area contributed by atoms with Gasteiger partial charge in [0.15, 0.2) is 0 Å². The molecule has 0 unspecified atom stereocenters. The molecule has 4 nitrogen and oxygen atoms in total. The van der Waals surface area contributed by atoms with Gasteiger partial charge in [0.1, 0.15) is 22.8 Å². The maximum Gasteiger partial charge on any atom is 0.149 e. The highest BCUT2D eigenvalue weighted by molar-refractivity contribution is 5.93. The first-order valence-electron chi connectivity index (χ1n) is 6.26. The van der Waals surface area contributed by atoms with E-state index in [1.165, 1.54) is 10.7 Å². The molecular formula is C15H13FN2O2. The minimum atomic E-state index is -0.367. The van der Waals surface area contributed by atoms with Gasteiger partial charge in [-0.2, -0.15) is 5.10 Å². The van der Waals surface area contributed by atoms with Gasteiger partial charge in [0.25, 0.3) is 0 Å². The summed E-state index contributed by atoms with van der Waals surface area (Å²) in [5.41, 5.74) is 1.80. The van der Waals surface area contributed by atoms with Gasteiger partial charge in [-0.25, -0.2) is 4.39 Å². The predicted octanol–water partition coefficient (Wildman–Crippen LogP) is 2.54. The Kier molecular flexibility index (Phi) is 3.12. The van der Waals surface area contributed by atoms with E-state index in [0.717, 1.165) is 5.56 Å². The molecule has 0 fully saturated rings. The van der Waals surface area contributed by atoms with Crippen LogP contribution in [-0.4, -0.2) is 26.6 Å². The molecule has 3 rings (SSSR count). The highest BCUT2D eigenvalue weighted by Gasteiger charge is 2.15. The summed E-state index contributed by atoms with van der Waals surface area (Å²) in [5, 5.41) is 23.5. The van der Waals surface area contributed by atoms with Crippen molar-refractivity contribution < 1.29 is 14.6 Å². The molecule has 0 aliphatic carbocycles. The third-order valence-electron chi connectivity index (χ3n) is 3.17. The molecule has 0 amide bonds. The van der Waals surface area contributed by atoms with Crippen LogP contribution in [0.2, 0.25) is 0 Å². The first-order chi connectivity index (χ1) is 9.70. The molecule has 3 aromatic rings. The predicted molar refractivity (Wildman–Crippen MR) is 73.9 cm³/mol. The minimum absolute atomic E-state index is 0.111. The van der Waals surface area contributed by atoms with Crippen LogP contribution in [0.4, 0.5) is 4.39 Å². The van der Waals surface area contributed by atoms with Gasteiger partial charge in [-0.3, -0.25) is 4.68 Å². The maximum absolute atomic E-state index is 14.0. The zero-order chi connectivity index (χ0) is 14.1. The van der Waals surface area contributed by atoms with Crippen LogP contribution in [-0.2, 0) is 6.54 Å². The molecule has 1 heterocycles. The van der Waals surface area contributed by atoms with Crippen molar-refractivity contribution in [1.82, 2.24) is 9.78 Å². The van der Waals surface area contributed by atoms with Crippen LogP contribution < -0.4 is 0 Å². The number of fused-ring (bicyclic) bond motifs is 1. The third-order valence-corrected chi connectivity index (χ3v) is 3.17. The van der Waals surface area contributed by atoms with E-state index in [2.05, 4.69) is 5.10 Å². The minimum Gasteiger partial charge on any atom is -0.508 e. The Balaban J connectivity index is 2.25. The van der Waals surface area contributed by atoms with Crippen molar-refractivity contribution in [3.8, 4) is 17.0 Å². The highest BCUT2D eigenvalue weighted by atomic mass is 19.1. The Bertz CT molecular complexity index is 750.